The summed E-state index contributed by atoms with van der Waals surface area (Å²) in [6.07, 6.45) is 0.951. The highest BCUT2D eigenvalue weighted by Gasteiger charge is 2.33. The molecule has 1 aromatic carbocycles. The first-order chi connectivity index (χ1) is 11.6. The van der Waals surface area contributed by atoms with Gasteiger partial charge in [-0.25, -0.2) is 0 Å². The van der Waals surface area contributed by atoms with Crippen molar-refractivity contribution in [2.75, 3.05) is 20.2 Å². The van der Waals surface area contributed by atoms with Crippen molar-refractivity contribution in [3.8, 4) is 5.75 Å². The third-order valence-electron chi connectivity index (χ3n) is 4.48. The SMILES string of the molecule is COc1ccc([C@@H]2c3ccsc3CCN2C(=O)C[NH2+]C(C)C)cc1. The first-order valence-electron chi connectivity index (χ1n) is 8.43. The molecule has 1 aromatic heterocycles. The van der Waals surface area contributed by atoms with E-state index >= 15 is 0 Å². The normalized spacial score (nSPS) is 17.0. The van der Waals surface area contributed by atoms with E-state index in [1.165, 1.54) is 10.4 Å². The van der Waals surface area contributed by atoms with Crippen LogP contribution in [0, 0.1) is 0 Å². The summed E-state index contributed by atoms with van der Waals surface area (Å²) in [5.74, 6) is 1.05. The minimum atomic E-state index is 0.0129. The monoisotopic (exact) mass is 345 g/mol. The molecule has 0 saturated carbocycles. The zero-order valence-corrected chi connectivity index (χ0v) is 15.3. The van der Waals surface area contributed by atoms with Crippen LogP contribution in [0.15, 0.2) is 35.7 Å². The van der Waals surface area contributed by atoms with Crippen LogP contribution < -0.4 is 10.1 Å². The number of ether oxygens (including phenoxy) is 1. The summed E-state index contributed by atoms with van der Waals surface area (Å²) in [6, 6.07) is 10.7. The molecule has 0 radical (unpaired) electrons. The van der Waals surface area contributed by atoms with Gasteiger partial charge in [0.05, 0.1) is 19.2 Å². The lowest BCUT2D eigenvalue weighted by molar-refractivity contribution is -0.673. The van der Waals surface area contributed by atoms with Crippen LogP contribution in [0.5, 0.6) is 5.75 Å². The quantitative estimate of drug-likeness (QED) is 0.903. The van der Waals surface area contributed by atoms with Crippen molar-refractivity contribution in [1.29, 1.82) is 0 Å². The number of carbonyl (C=O) groups excluding carboxylic acids is 1. The van der Waals surface area contributed by atoms with Crippen molar-refractivity contribution in [2.45, 2.75) is 32.4 Å². The molecule has 0 bridgehead atoms. The number of fused-ring (bicyclic) bond motifs is 1. The van der Waals surface area contributed by atoms with Gasteiger partial charge in [0.15, 0.2) is 6.54 Å². The minimum absolute atomic E-state index is 0.0129. The van der Waals surface area contributed by atoms with Crippen molar-refractivity contribution < 1.29 is 14.8 Å². The molecule has 4 nitrogen and oxygen atoms in total. The standard InChI is InChI=1S/C19H24N2O2S/c1-13(2)20-12-18(22)21-10-8-17-16(9-11-24-17)19(21)14-4-6-15(23-3)7-5-14/h4-7,9,11,13,19-20H,8,10,12H2,1-3H3/p+1/t19-/m1/s1. The minimum Gasteiger partial charge on any atom is -0.497 e. The summed E-state index contributed by atoms with van der Waals surface area (Å²) < 4.78 is 5.27. The second-order valence-electron chi connectivity index (χ2n) is 6.50. The predicted octanol–water partition coefficient (Wildman–Crippen LogP) is 2.20. The first kappa shape index (κ1) is 17.0. The third kappa shape index (κ3) is 3.47. The van der Waals surface area contributed by atoms with E-state index in [-0.39, 0.29) is 11.9 Å². The number of rotatable bonds is 5. The summed E-state index contributed by atoms with van der Waals surface area (Å²) >= 11 is 1.79. The van der Waals surface area contributed by atoms with Crippen LogP contribution in [0.2, 0.25) is 0 Å². The Labute approximate surface area is 147 Å². The number of amides is 1. The molecule has 0 aliphatic carbocycles. The second kappa shape index (κ2) is 7.36. The van der Waals surface area contributed by atoms with E-state index in [2.05, 4.69) is 42.7 Å². The van der Waals surface area contributed by atoms with Crippen LogP contribution in [-0.4, -0.2) is 37.0 Å². The average Bonchev–Trinajstić information content (AvgIpc) is 3.07. The Hall–Kier alpha value is -1.85. The number of quaternary nitrogens is 1. The summed E-state index contributed by atoms with van der Waals surface area (Å²) in [4.78, 5) is 16.2. The lowest BCUT2D eigenvalue weighted by atomic mass is 9.93. The van der Waals surface area contributed by atoms with E-state index < -0.39 is 0 Å². The average molecular weight is 345 g/mol. The van der Waals surface area contributed by atoms with E-state index in [4.69, 9.17) is 4.74 Å². The molecule has 24 heavy (non-hydrogen) atoms. The summed E-state index contributed by atoms with van der Waals surface area (Å²) in [5.41, 5.74) is 2.42. The molecule has 2 heterocycles. The van der Waals surface area contributed by atoms with Gasteiger partial charge in [-0.1, -0.05) is 12.1 Å². The second-order valence-corrected chi connectivity index (χ2v) is 7.50. The number of nitrogens with two attached hydrogens (primary N) is 1. The van der Waals surface area contributed by atoms with Crippen molar-refractivity contribution in [3.63, 3.8) is 0 Å². The van der Waals surface area contributed by atoms with Gasteiger partial charge in [-0.05, 0) is 55.0 Å². The fourth-order valence-corrected chi connectivity index (χ4v) is 4.09. The molecule has 128 valence electrons. The molecular weight excluding hydrogens is 320 g/mol. The Morgan fingerprint density at radius 1 is 1.33 bits per heavy atom. The predicted molar refractivity (Wildman–Crippen MR) is 96.5 cm³/mol. The van der Waals surface area contributed by atoms with E-state index in [9.17, 15) is 4.79 Å². The van der Waals surface area contributed by atoms with E-state index in [1.54, 1.807) is 18.4 Å². The van der Waals surface area contributed by atoms with Crippen LogP contribution in [-0.2, 0) is 11.2 Å². The maximum absolute atomic E-state index is 12.8. The third-order valence-corrected chi connectivity index (χ3v) is 5.48. The number of carbonyl (C=O) groups is 1. The molecule has 5 heteroatoms. The fraction of sp³-hybridized carbons (Fsp3) is 0.421. The highest BCUT2D eigenvalue weighted by atomic mass is 32.1. The van der Waals surface area contributed by atoms with Crippen LogP contribution in [0.3, 0.4) is 0 Å². The maximum Gasteiger partial charge on any atom is 0.278 e. The molecule has 2 aromatic rings. The summed E-state index contributed by atoms with van der Waals surface area (Å²) in [6.45, 7) is 5.52. The highest BCUT2D eigenvalue weighted by Crippen LogP contribution is 2.38. The van der Waals surface area contributed by atoms with Gasteiger partial charge in [0, 0.05) is 11.4 Å². The van der Waals surface area contributed by atoms with Crippen molar-refractivity contribution >= 4 is 17.2 Å². The van der Waals surface area contributed by atoms with Crippen molar-refractivity contribution in [2.24, 2.45) is 0 Å². The van der Waals surface area contributed by atoms with Crippen LogP contribution >= 0.6 is 11.3 Å². The largest absolute Gasteiger partial charge is 0.497 e. The smallest absolute Gasteiger partial charge is 0.278 e. The maximum atomic E-state index is 12.8. The first-order valence-corrected chi connectivity index (χ1v) is 9.31. The van der Waals surface area contributed by atoms with Gasteiger partial charge in [-0.3, -0.25) is 4.79 Å². The van der Waals surface area contributed by atoms with Gasteiger partial charge in [0.1, 0.15) is 5.75 Å². The van der Waals surface area contributed by atoms with Crippen LogP contribution in [0.1, 0.15) is 35.9 Å². The Morgan fingerprint density at radius 3 is 2.75 bits per heavy atom. The number of methoxy groups -OCH3 is 1. The molecule has 0 saturated heterocycles. The number of hydrogen-bond donors (Lipinski definition) is 1. The van der Waals surface area contributed by atoms with Gasteiger partial charge < -0.3 is 15.0 Å². The zero-order chi connectivity index (χ0) is 17.1. The number of benzene rings is 1. The molecule has 1 atom stereocenters. The van der Waals surface area contributed by atoms with Gasteiger partial charge in [0.25, 0.3) is 5.91 Å². The van der Waals surface area contributed by atoms with Gasteiger partial charge in [0.2, 0.25) is 0 Å². The topological polar surface area (TPSA) is 46.1 Å². The van der Waals surface area contributed by atoms with Crippen LogP contribution in [0.25, 0.3) is 0 Å². The zero-order valence-electron chi connectivity index (χ0n) is 14.5. The lowest BCUT2D eigenvalue weighted by Gasteiger charge is -2.36. The van der Waals surface area contributed by atoms with Crippen molar-refractivity contribution in [1.82, 2.24) is 4.90 Å². The molecule has 0 spiro atoms. The van der Waals surface area contributed by atoms with Crippen molar-refractivity contribution in [3.05, 3.63) is 51.7 Å². The Balaban J connectivity index is 1.91. The molecular formula is C19H25N2O2S+. The van der Waals surface area contributed by atoms with E-state index in [0.29, 0.717) is 12.6 Å². The molecule has 0 fully saturated rings. The Morgan fingerprint density at radius 2 is 2.08 bits per heavy atom. The molecule has 3 rings (SSSR count). The molecule has 1 aliphatic heterocycles. The van der Waals surface area contributed by atoms with Crippen LogP contribution in [0.4, 0.5) is 0 Å². The lowest BCUT2D eigenvalue weighted by Crippen LogP contribution is -2.90. The molecule has 1 aliphatic rings. The van der Waals surface area contributed by atoms with E-state index in [0.717, 1.165) is 24.3 Å². The van der Waals surface area contributed by atoms with Gasteiger partial charge in [-0.15, -0.1) is 11.3 Å². The summed E-state index contributed by atoms with van der Waals surface area (Å²) in [5, 5.41) is 4.23. The van der Waals surface area contributed by atoms with E-state index in [1.807, 2.05) is 17.0 Å². The Kier molecular flexibility index (Phi) is 5.21. The van der Waals surface area contributed by atoms with Gasteiger partial charge >= 0.3 is 0 Å². The molecule has 2 N–H and O–H groups in total. The number of thiophene rings is 1. The molecule has 1 amide bonds. The fourth-order valence-electron chi connectivity index (χ4n) is 3.18. The Bertz CT molecular complexity index is 694. The summed E-state index contributed by atoms with van der Waals surface area (Å²) in [7, 11) is 1.67. The highest BCUT2D eigenvalue weighted by molar-refractivity contribution is 7.10. The number of hydrogen-bond acceptors (Lipinski definition) is 3. The van der Waals surface area contributed by atoms with Gasteiger partial charge in [-0.2, -0.15) is 0 Å². The number of nitrogens with zero attached hydrogens (tertiary/aromatic N) is 1. The molecule has 0 unspecified atom stereocenters.